The number of carbonyl (C=O) groups excluding carboxylic acids is 1. The number of aliphatic hydroxyl groups is 1. The molecule has 102 valence electrons. The summed E-state index contributed by atoms with van der Waals surface area (Å²) in [5, 5.41) is 10.1. The molecule has 4 heteroatoms. The molecule has 0 bridgehead atoms. The molecule has 2 rings (SSSR count). The van der Waals surface area contributed by atoms with Gasteiger partial charge in [-0.05, 0) is 24.6 Å². The quantitative estimate of drug-likeness (QED) is 0.907. The van der Waals surface area contributed by atoms with Crippen molar-refractivity contribution in [3.8, 4) is 11.5 Å². The van der Waals surface area contributed by atoms with E-state index in [1.54, 1.807) is 33.3 Å². The highest BCUT2D eigenvalue weighted by Gasteiger charge is 2.31. The van der Waals surface area contributed by atoms with Crippen molar-refractivity contribution in [2.75, 3.05) is 14.2 Å². The Bertz CT molecular complexity index is 529. The zero-order valence-corrected chi connectivity index (χ0v) is 11.4. The van der Waals surface area contributed by atoms with E-state index in [1.807, 2.05) is 12.1 Å². The van der Waals surface area contributed by atoms with Gasteiger partial charge in [0.15, 0.2) is 17.3 Å². The average Bonchev–Trinajstić information content (AvgIpc) is 2.35. The van der Waals surface area contributed by atoms with Crippen molar-refractivity contribution in [3.05, 3.63) is 29.8 Å². The van der Waals surface area contributed by atoms with Gasteiger partial charge in [0.05, 0.1) is 19.8 Å². The predicted molar refractivity (Wildman–Crippen MR) is 72.4 cm³/mol. The molecule has 1 aliphatic carbocycles. The van der Waals surface area contributed by atoms with Gasteiger partial charge in [-0.1, -0.05) is 12.1 Å². The van der Waals surface area contributed by atoms with Crippen molar-refractivity contribution in [1.82, 2.24) is 0 Å². The van der Waals surface area contributed by atoms with Gasteiger partial charge in [0.25, 0.3) is 0 Å². The number of ketones is 1. The van der Waals surface area contributed by atoms with Crippen molar-refractivity contribution in [2.45, 2.75) is 25.4 Å². The Labute approximate surface area is 112 Å². The molecular weight excluding hydrogens is 244 g/mol. The third kappa shape index (κ3) is 2.79. The lowest BCUT2D eigenvalue weighted by Gasteiger charge is -2.28. The zero-order chi connectivity index (χ0) is 14.0. The maximum Gasteiger partial charge on any atom is 0.168 e. The van der Waals surface area contributed by atoms with Crippen LogP contribution < -0.4 is 9.47 Å². The first kappa shape index (κ1) is 13.6. The van der Waals surface area contributed by atoms with Crippen molar-refractivity contribution >= 4 is 11.4 Å². The number of allylic oxidation sites excluding steroid dienone is 1. The number of para-hydroxylation sites is 1. The molecule has 0 fully saturated rings. The van der Waals surface area contributed by atoms with Gasteiger partial charge in [-0.15, -0.1) is 0 Å². The Morgan fingerprint density at radius 3 is 2.53 bits per heavy atom. The first-order valence-electron chi connectivity index (χ1n) is 6.14. The van der Waals surface area contributed by atoms with Gasteiger partial charge in [0, 0.05) is 18.4 Å². The van der Waals surface area contributed by atoms with Crippen LogP contribution in [-0.2, 0) is 4.79 Å². The normalized spacial score (nSPS) is 22.9. The molecule has 0 heterocycles. The van der Waals surface area contributed by atoms with Crippen LogP contribution in [0.3, 0.4) is 0 Å². The second-order valence-corrected chi connectivity index (χ2v) is 5.03. The van der Waals surface area contributed by atoms with E-state index in [0.717, 1.165) is 11.1 Å². The van der Waals surface area contributed by atoms with Crippen molar-refractivity contribution in [3.63, 3.8) is 0 Å². The predicted octanol–water partition coefficient (Wildman–Crippen LogP) is 2.20. The van der Waals surface area contributed by atoms with E-state index in [-0.39, 0.29) is 12.2 Å². The van der Waals surface area contributed by atoms with E-state index in [2.05, 4.69) is 0 Å². The van der Waals surface area contributed by atoms with Crippen molar-refractivity contribution in [1.29, 1.82) is 0 Å². The Balaban J connectivity index is 2.50. The minimum atomic E-state index is -1.00. The number of methoxy groups -OCH3 is 2. The monoisotopic (exact) mass is 262 g/mol. The fourth-order valence-electron chi connectivity index (χ4n) is 2.46. The molecule has 0 radical (unpaired) electrons. The Morgan fingerprint density at radius 1 is 1.21 bits per heavy atom. The molecule has 0 spiro atoms. The van der Waals surface area contributed by atoms with E-state index in [1.165, 1.54) is 0 Å². The Kier molecular flexibility index (Phi) is 3.62. The molecule has 1 aliphatic rings. The highest BCUT2D eigenvalue weighted by molar-refractivity contribution is 6.00. The summed E-state index contributed by atoms with van der Waals surface area (Å²) in [5.41, 5.74) is 0.557. The summed E-state index contributed by atoms with van der Waals surface area (Å²) in [6, 6.07) is 5.50. The topological polar surface area (TPSA) is 55.8 Å². The minimum absolute atomic E-state index is 0.0730. The Hall–Kier alpha value is -1.81. The molecule has 1 aromatic carbocycles. The summed E-state index contributed by atoms with van der Waals surface area (Å²) in [6.07, 6.45) is 2.15. The van der Waals surface area contributed by atoms with Crippen molar-refractivity contribution < 1.29 is 19.4 Å². The average molecular weight is 262 g/mol. The van der Waals surface area contributed by atoms with Crippen LogP contribution >= 0.6 is 0 Å². The van der Waals surface area contributed by atoms with E-state index in [4.69, 9.17) is 9.47 Å². The summed E-state index contributed by atoms with van der Waals surface area (Å²) < 4.78 is 10.6. The molecule has 19 heavy (non-hydrogen) atoms. The van der Waals surface area contributed by atoms with Crippen LogP contribution in [0.4, 0.5) is 0 Å². The van der Waals surface area contributed by atoms with Crippen molar-refractivity contribution in [2.24, 2.45) is 0 Å². The maximum absolute atomic E-state index is 11.7. The lowest BCUT2D eigenvalue weighted by molar-refractivity contribution is -0.119. The summed E-state index contributed by atoms with van der Waals surface area (Å²) in [4.78, 5) is 11.7. The molecule has 0 aliphatic heterocycles. The fourth-order valence-corrected chi connectivity index (χ4v) is 2.46. The first-order chi connectivity index (χ1) is 8.96. The molecule has 1 N–H and O–H groups in total. The fraction of sp³-hybridized carbons (Fsp3) is 0.400. The second kappa shape index (κ2) is 5.05. The van der Waals surface area contributed by atoms with Crippen LogP contribution in [-0.4, -0.2) is 30.7 Å². The SMILES string of the molecule is COc1cccc(C2=CC(=O)CC(C)(O)C2)c1OC. The number of hydrogen-bond acceptors (Lipinski definition) is 4. The van der Waals surface area contributed by atoms with E-state index in [0.29, 0.717) is 17.9 Å². The van der Waals surface area contributed by atoms with Gasteiger partial charge in [-0.2, -0.15) is 0 Å². The van der Waals surface area contributed by atoms with E-state index in [9.17, 15) is 9.90 Å². The minimum Gasteiger partial charge on any atom is -0.493 e. The van der Waals surface area contributed by atoms with Gasteiger partial charge < -0.3 is 14.6 Å². The van der Waals surface area contributed by atoms with E-state index < -0.39 is 5.60 Å². The van der Waals surface area contributed by atoms with Gasteiger partial charge in [-0.3, -0.25) is 4.79 Å². The lowest BCUT2D eigenvalue weighted by atomic mass is 9.82. The number of carbonyl (C=O) groups is 1. The zero-order valence-electron chi connectivity index (χ0n) is 11.4. The molecule has 0 saturated heterocycles. The molecular formula is C15H18O4. The smallest absolute Gasteiger partial charge is 0.168 e. The first-order valence-corrected chi connectivity index (χ1v) is 6.14. The lowest BCUT2D eigenvalue weighted by Crippen LogP contribution is -2.31. The van der Waals surface area contributed by atoms with Gasteiger partial charge in [0.2, 0.25) is 0 Å². The maximum atomic E-state index is 11.7. The van der Waals surface area contributed by atoms with Gasteiger partial charge in [-0.25, -0.2) is 0 Å². The summed E-state index contributed by atoms with van der Waals surface area (Å²) in [5.74, 6) is 1.12. The van der Waals surface area contributed by atoms with Gasteiger partial charge in [0.1, 0.15) is 0 Å². The summed E-state index contributed by atoms with van der Waals surface area (Å²) >= 11 is 0. The molecule has 0 saturated carbocycles. The molecule has 1 aromatic rings. The number of benzene rings is 1. The van der Waals surface area contributed by atoms with Gasteiger partial charge >= 0.3 is 0 Å². The van der Waals surface area contributed by atoms with E-state index >= 15 is 0 Å². The largest absolute Gasteiger partial charge is 0.493 e. The van der Waals surface area contributed by atoms with Crippen LogP contribution in [0.1, 0.15) is 25.3 Å². The summed E-state index contributed by atoms with van der Waals surface area (Å²) in [7, 11) is 3.13. The van der Waals surface area contributed by atoms with Crippen LogP contribution in [0, 0.1) is 0 Å². The highest BCUT2D eigenvalue weighted by atomic mass is 16.5. The summed E-state index contributed by atoms with van der Waals surface area (Å²) in [6.45, 7) is 1.67. The molecule has 0 aromatic heterocycles. The van der Waals surface area contributed by atoms with Crippen LogP contribution in [0.5, 0.6) is 11.5 Å². The number of hydrogen-bond donors (Lipinski definition) is 1. The Morgan fingerprint density at radius 2 is 1.95 bits per heavy atom. The number of ether oxygens (including phenoxy) is 2. The molecule has 1 atom stereocenters. The second-order valence-electron chi connectivity index (χ2n) is 5.03. The van der Waals surface area contributed by atoms with Crippen LogP contribution in [0.2, 0.25) is 0 Å². The third-order valence-corrected chi connectivity index (χ3v) is 3.21. The standard InChI is InChI=1S/C15H18O4/c1-15(17)8-10(7-11(16)9-15)12-5-4-6-13(18-2)14(12)19-3/h4-7,17H,8-9H2,1-3H3. The molecule has 1 unspecified atom stereocenters. The number of rotatable bonds is 3. The third-order valence-electron chi connectivity index (χ3n) is 3.21. The van der Waals surface area contributed by atoms with Crippen LogP contribution in [0.25, 0.3) is 5.57 Å². The highest BCUT2D eigenvalue weighted by Crippen LogP contribution is 2.40. The molecule has 4 nitrogen and oxygen atoms in total. The van der Waals surface area contributed by atoms with Crippen LogP contribution in [0.15, 0.2) is 24.3 Å². The molecule has 0 amide bonds.